The van der Waals surface area contributed by atoms with Gasteiger partial charge >= 0.3 is 0 Å². The summed E-state index contributed by atoms with van der Waals surface area (Å²) in [4.78, 5) is 4.37. The molecular weight excluding hydrogens is 198 g/mol. The highest BCUT2D eigenvalue weighted by Gasteiger charge is 2.18. The van der Waals surface area contributed by atoms with Crippen LogP contribution in [0.2, 0.25) is 0 Å². The first-order valence-corrected chi connectivity index (χ1v) is 5.52. The fraction of sp³-hybridized carbons (Fsp3) is 0.727. The van der Waals surface area contributed by atoms with Crippen LogP contribution < -0.4 is 0 Å². The van der Waals surface area contributed by atoms with Crippen molar-refractivity contribution in [2.24, 2.45) is 11.8 Å². The van der Waals surface area contributed by atoms with Crippen molar-refractivity contribution in [1.82, 2.24) is 4.98 Å². The summed E-state index contributed by atoms with van der Waals surface area (Å²) in [5.41, 5.74) is 1.00. The minimum Gasteiger partial charge on any atom is -0.447 e. The quantitative estimate of drug-likeness (QED) is 0.714. The molecule has 0 spiro atoms. The number of hydrogen-bond acceptors (Lipinski definition) is 2. The van der Waals surface area contributed by atoms with Gasteiger partial charge in [-0.2, -0.15) is 0 Å². The molecule has 0 radical (unpaired) electrons. The molecule has 0 aliphatic carbocycles. The summed E-state index contributed by atoms with van der Waals surface area (Å²) in [6.45, 7) is 8.44. The topological polar surface area (TPSA) is 26.0 Å². The number of aromatic nitrogens is 1. The lowest BCUT2D eigenvalue weighted by atomic mass is 10.1. The van der Waals surface area contributed by atoms with E-state index in [1.54, 1.807) is 6.26 Å². The van der Waals surface area contributed by atoms with Crippen LogP contribution in [0.1, 0.15) is 44.7 Å². The summed E-state index contributed by atoms with van der Waals surface area (Å²) in [7, 11) is 0. The van der Waals surface area contributed by atoms with E-state index < -0.39 is 0 Å². The van der Waals surface area contributed by atoms with Crippen molar-refractivity contribution in [2.75, 3.05) is 0 Å². The van der Waals surface area contributed by atoms with Crippen molar-refractivity contribution in [3.8, 4) is 0 Å². The summed E-state index contributed by atoms with van der Waals surface area (Å²) < 4.78 is 5.35. The Morgan fingerprint density at radius 2 is 2.00 bits per heavy atom. The molecule has 1 aromatic heterocycles. The Hall–Kier alpha value is -0.500. The molecule has 0 N–H and O–H groups in total. The van der Waals surface area contributed by atoms with Crippen molar-refractivity contribution < 1.29 is 4.42 Å². The molecule has 0 unspecified atom stereocenters. The molecule has 0 aromatic carbocycles. The number of oxazole rings is 1. The highest BCUT2D eigenvalue weighted by molar-refractivity contribution is 6.20. The summed E-state index contributed by atoms with van der Waals surface area (Å²) in [6, 6.07) is 0. The maximum atomic E-state index is 6.13. The van der Waals surface area contributed by atoms with Crippen molar-refractivity contribution >= 4 is 11.6 Å². The summed E-state index contributed by atoms with van der Waals surface area (Å²) in [5.74, 6) is 1.60. The smallest absolute Gasteiger partial charge is 0.212 e. The van der Waals surface area contributed by atoms with E-state index in [4.69, 9.17) is 16.0 Å². The van der Waals surface area contributed by atoms with Crippen LogP contribution >= 0.6 is 11.6 Å². The van der Waals surface area contributed by atoms with Gasteiger partial charge in [0.25, 0.3) is 0 Å². The lowest BCUT2D eigenvalue weighted by Crippen LogP contribution is -2.00. The zero-order valence-electron chi connectivity index (χ0n) is 9.25. The normalized spacial score (nSPS) is 13.9. The number of hydrogen-bond donors (Lipinski definition) is 0. The second kappa shape index (κ2) is 4.83. The molecular formula is C11H18ClNO. The van der Waals surface area contributed by atoms with Crippen LogP contribution in [0.5, 0.6) is 0 Å². The first-order chi connectivity index (χ1) is 6.50. The first kappa shape index (κ1) is 11.6. The second-order valence-electron chi connectivity index (χ2n) is 4.42. The Bertz CT molecular complexity index is 281. The first-order valence-electron chi connectivity index (χ1n) is 5.09. The highest BCUT2D eigenvalue weighted by atomic mass is 35.5. The van der Waals surface area contributed by atoms with Crippen molar-refractivity contribution in [3.63, 3.8) is 0 Å². The van der Waals surface area contributed by atoms with Gasteiger partial charge in [-0.05, 0) is 18.3 Å². The van der Waals surface area contributed by atoms with Gasteiger partial charge in [-0.3, -0.25) is 0 Å². The van der Waals surface area contributed by atoms with E-state index in [9.17, 15) is 0 Å². The van der Waals surface area contributed by atoms with Gasteiger partial charge < -0.3 is 4.42 Å². The third kappa shape index (κ3) is 3.02. The molecule has 0 aliphatic rings. The Morgan fingerprint density at radius 1 is 1.36 bits per heavy atom. The van der Waals surface area contributed by atoms with Crippen molar-refractivity contribution in [3.05, 3.63) is 17.8 Å². The predicted molar refractivity (Wildman–Crippen MR) is 58.5 cm³/mol. The zero-order valence-corrected chi connectivity index (χ0v) is 10.0. The van der Waals surface area contributed by atoms with Crippen LogP contribution in [0, 0.1) is 11.8 Å². The second-order valence-corrected chi connectivity index (χ2v) is 4.89. The van der Waals surface area contributed by atoms with E-state index in [0.29, 0.717) is 17.7 Å². The van der Waals surface area contributed by atoms with Crippen molar-refractivity contribution in [1.29, 1.82) is 0 Å². The highest BCUT2D eigenvalue weighted by Crippen LogP contribution is 2.27. The number of nitrogens with zero attached hydrogens (tertiary/aromatic N) is 1. The number of alkyl halides is 1. The number of halogens is 1. The van der Waals surface area contributed by atoms with Crippen LogP contribution in [0.4, 0.5) is 0 Å². The predicted octanol–water partition coefficient (Wildman–Crippen LogP) is 3.81. The molecule has 0 saturated carbocycles. The molecule has 0 amide bonds. The van der Waals surface area contributed by atoms with Crippen LogP contribution in [0.25, 0.3) is 0 Å². The van der Waals surface area contributed by atoms with Crippen molar-refractivity contribution in [2.45, 2.75) is 39.5 Å². The fourth-order valence-electron chi connectivity index (χ4n) is 1.25. The number of rotatable bonds is 4. The van der Waals surface area contributed by atoms with Crippen LogP contribution in [0.3, 0.4) is 0 Å². The molecule has 1 aromatic rings. The Balaban J connectivity index is 2.67. The van der Waals surface area contributed by atoms with Gasteiger partial charge in [-0.25, -0.2) is 4.98 Å². The molecule has 80 valence electrons. The SMILES string of the molecule is CC(C)Cc1coc([C@H](Cl)C(C)C)n1. The lowest BCUT2D eigenvalue weighted by Gasteiger charge is -2.07. The lowest BCUT2D eigenvalue weighted by molar-refractivity contribution is 0.446. The summed E-state index contributed by atoms with van der Waals surface area (Å²) >= 11 is 6.13. The third-order valence-electron chi connectivity index (χ3n) is 2.01. The zero-order chi connectivity index (χ0) is 10.7. The minimum atomic E-state index is -0.115. The van der Waals surface area contributed by atoms with Crippen LogP contribution in [0.15, 0.2) is 10.7 Å². The summed E-state index contributed by atoms with van der Waals surface area (Å²) in [5, 5.41) is -0.115. The largest absolute Gasteiger partial charge is 0.447 e. The average Bonchev–Trinajstić information content (AvgIpc) is 2.50. The van der Waals surface area contributed by atoms with Crippen LogP contribution in [-0.2, 0) is 6.42 Å². The van der Waals surface area contributed by atoms with Gasteiger partial charge in [-0.15, -0.1) is 11.6 Å². The maximum Gasteiger partial charge on any atom is 0.212 e. The Labute approximate surface area is 90.7 Å². The van der Waals surface area contributed by atoms with E-state index in [-0.39, 0.29) is 5.38 Å². The molecule has 1 atom stereocenters. The minimum absolute atomic E-state index is 0.115. The van der Waals surface area contributed by atoms with Gasteiger partial charge in [0, 0.05) is 0 Å². The molecule has 0 saturated heterocycles. The molecule has 0 aliphatic heterocycles. The standard InChI is InChI=1S/C11H18ClNO/c1-7(2)5-9-6-14-11(13-9)10(12)8(3)4/h6-8,10H,5H2,1-4H3/t10-/m1/s1. The molecule has 2 nitrogen and oxygen atoms in total. The van der Waals surface area contributed by atoms with Gasteiger partial charge in [0.15, 0.2) is 0 Å². The molecule has 14 heavy (non-hydrogen) atoms. The van der Waals surface area contributed by atoms with Gasteiger partial charge in [0.05, 0.1) is 5.69 Å². The molecule has 0 fully saturated rings. The Morgan fingerprint density at radius 3 is 2.50 bits per heavy atom. The fourth-order valence-corrected chi connectivity index (χ4v) is 1.35. The molecule has 3 heteroatoms. The van der Waals surface area contributed by atoms with Gasteiger partial charge in [0.2, 0.25) is 5.89 Å². The van der Waals surface area contributed by atoms with Gasteiger partial charge in [-0.1, -0.05) is 27.7 Å². The van der Waals surface area contributed by atoms with E-state index in [2.05, 4.69) is 32.7 Å². The maximum absolute atomic E-state index is 6.13. The molecule has 0 bridgehead atoms. The third-order valence-corrected chi connectivity index (χ3v) is 2.70. The van der Waals surface area contributed by atoms with E-state index in [1.165, 1.54) is 0 Å². The van der Waals surface area contributed by atoms with E-state index >= 15 is 0 Å². The molecule has 1 heterocycles. The van der Waals surface area contributed by atoms with Gasteiger partial charge in [0.1, 0.15) is 11.6 Å². The monoisotopic (exact) mass is 215 g/mol. The average molecular weight is 216 g/mol. The summed E-state index contributed by atoms with van der Waals surface area (Å²) in [6.07, 6.45) is 2.66. The van der Waals surface area contributed by atoms with E-state index in [1.807, 2.05) is 0 Å². The van der Waals surface area contributed by atoms with Crippen LogP contribution in [-0.4, -0.2) is 4.98 Å². The Kier molecular flexibility index (Phi) is 3.99. The van der Waals surface area contributed by atoms with E-state index in [0.717, 1.165) is 12.1 Å². The molecule has 1 rings (SSSR count).